The zero-order chi connectivity index (χ0) is 23.0. The van der Waals surface area contributed by atoms with Crippen LogP contribution in [0.2, 0.25) is 5.02 Å². The number of aromatic carboxylic acids is 1. The molecular formula is C25H21ClN2O4. The van der Waals surface area contributed by atoms with Crippen molar-refractivity contribution in [2.75, 3.05) is 5.32 Å². The molecule has 0 aliphatic rings. The van der Waals surface area contributed by atoms with Gasteiger partial charge in [-0.15, -0.1) is 0 Å². The number of hydrogen-bond acceptors (Lipinski definition) is 5. The topological polar surface area (TPSA) is 92.4 Å². The van der Waals surface area contributed by atoms with Crippen molar-refractivity contribution in [3.05, 3.63) is 92.4 Å². The van der Waals surface area contributed by atoms with E-state index < -0.39 is 5.97 Å². The minimum atomic E-state index is -1.09. The molecule has 0 saturated carbocycles. The van der Waals surface area contributed by atoms with Gasteiger partial charge in [0.1, 0.15) is 11.3 Å². The monoisotopic (exact) mass is 448 g/mol. The number of anilines is 1. The molecule has 4 aromatic rings. The number of hydrogen-bond donors (Lipinski definition) is 2. The Bertz CT molecular complexity index is 1400. The summed E-state index contributed by atoms with van der Waals surface area (Å²) in [7, 11) is 0. The molecule has 0 saturated heterocycles. The first-order chi connectivity index (χ1) is 15.3. The lowest BCUT2D eigenvalue weighted by Crippen LogP contribution is -2.14. The molecular weight excluding hydrogens is 428 g/mol. The summed E-state index contributed by atoms with van der Waals surface area (Å²) in [6, 6.07) is 11.7. The van der Waals surface area contributed by atoms with Gasteiger partial charge in [-0.25, -0.2) is 4.79 Å². The van der Waals surface area contributed by atoms with Crippen molar-refractivity contribution in [1.29, 1.82) is 0 Å². The van der Waals surface area contributed by atoms with E-state index in [1.54, 1.807) is 37.5 Å². The Morgan fingerprint density at radius 2 is 1.97 bits per heavy atom. The summed E-state index contributed by atoms with van der Waals surface area (Å²) >= 11 is 5.98. The smallest absolute Gasteiger partial charge is 0.337 e. The minimum Gasteiger partial charge on any atom is -0.478 e. The summed E-state index contributed by atoms with van der Waals surface area (Å²) in [4.78, 5) is 29.0. The maximum atomic E-state index is 13.2. The van der Waals surface area contributed by atoms with E-state index in [0.717, 1.165) is 11.1 Å². The van der Waals surface area contributed by atoms with Crippen molar-refractivity contribution in [1.82, 2.24) is 4.98 Å². The number of aromatic nitrogens is 1. The van der Waals surface area contributed by atoms with E-state index in [2.05, 4.69) is 10.3 Å². The van der Waals surface area contributed by atoms with Gasteiger partial charge in [-0.1, -0.05) is 17.7 Å². The second-order valence-electron chi connectivity index (χ2n) is 7.72. The molecule has 1 atom stereocenters. The van der Waals surface area contributed by atoms with E-state index in [0.29, 0.717) is 38.6 Å². The summed E-state index contributed by atoms with van der Waals surface area (Å²) in [6.45, 7) is 5.53. The predicted octanol–water partition coefficient (Wildman–Crippen LogP) is 6.00. The quantitative estimate of drug-likeness (QED) is 0.389. The third-order valence-corrected chi connectivity index (χ3v) is 5.60. The number of benzene rings is 2. The Balaban J connectivity index is 1.88. The number of fused-ring (bicyclic) bond motifs is 1. The molecule has 2 aromatic carbocycles. The number of carbonyl (C=O) groups is 1. The average molecular weight is 449 g/mol. The summed E-state index contributed by atoms with van der Waals surface area (Å²) in [5.74, 6) is -0.622. The van der Waals surface area contributed by atoms with Crippen molar-refractivity contribution < 1.29 is 14.3 Å². The van der Waals surface area contributed by atoms with Crippen molar-refractivity contribution in [2.24, 2.45) is 0 Å². The van der Waals surface area contributed by atoms with Crippen LogP contribution in [0.25, 0.3) is 22.3 Å². The number of aryl methyl sites for hydroxylation is 1. The first-order valence-corrected chi connectivity index (χ1v) is 10.4. The predicted molar refractivity (Wildman–Crippen MR) is 126 cm³/mol. The Morgan fingerprint density at radius 1 is 1.19 bits per heavy atom. The maximum Gasteiger partial charge on any atom is 0.337 e. The third-order valence-electron chi connectivity index (χ3n) is 5.37. The van der Waals surface area contributed by atoms with E-state index in [-0.39, 0.29) is 17.0 Å². The molecule has 0 aliphatic heterocycles. The molecule has 162 valence electrons. The van der Waals surface area contributed by atoms with Gasteiger partial charge in [0.2, 0.25) is 0 Å². The first kappa shape index (κ1) is 21.6. The summed E-state index contributed by atoms with van der Waals surface area (Å²) in [5, 5.41) is 13.6. The van der Waals surface area contributed by atoms with Gasteiger partial charge in [-0.05, 0) is 62.7 Å². The van der Waals surface area contributed by atoms with E-state index in [1.165, 1.54) is 6.07 Å². The summed E-state index contributed by atoms with van der Waals surface area (Å²) in [5.41, 5.74) is 3.69. The van der Waals surface area contributed by atoms with E-state index in [1.807, 2.05) is 32.0 Å². The normalized spacial score (nSPS) is 12.0. The van der Waals surface area contributed by atoms with Gasteiger partial charge in [0, 0.05) is 39.8 Å². The van der Waals surface area contributed by atoms with Gasteiger partial charge in [-0.2, -0.15) is 0 Å². The Hall–Kier alpha value is -3.64. The van der Waals surface area contributed by atoms with Crippen molar-refractivity contribution in [3.63, 3.8) is 0 Å². The average Bonchev–Trinajstić information content (AvgIpc) is 2.77. The van der Waals surface area contributed by atoms with E-state index in [4.69, 9.17) is 16.0 Å². The molecule has 0 aliphatic carbocycles. The number of halogens is 1. The fraction of sp³-hybridized carbons (Fsp3) is 0.160. The molecule has 4 rings (SSSR count). The molecule has 0 radical (unpaired) electrons. The standard InChI is InChI=1S/C25H21ClN2O4/c1-13-9-18(15(3)28-21-7-6-17(26)11-19(21)25(30)31)24-20(10-13)22(29)14(2)23(32-24)16-5-4-8-27-12-16/h4-12,15,28H,1-3H3,(H,30,31)/t15-/m1/s1. The lowest BCUT2D eigenvalue weighted by molar-refractivity contribution is 0.0698. The Morgan fingerprint density at radius 3 is 2.66 bits per heavy atom. The molecule has 0 bridgehead atoms. The number of rotatable bonds is 5. The highest BCUT2D eigenvalue weighted by Crippen LogP contribution is 2.33. The zero-order valence-electron chi connectivity index (χ0n) is 17.8. The SMILES string of the molecule is Cc1cc([C@@H](C)Nc2ccc(Cl)cc2C(=O)O)c2oc(-c3cccnc3)c(C)c(=O)c2c1. The van der Waals surface area contributed by atoms with Crippen molar-refractivity contribution in [3.8, 4) is 11.3 Å². The van der Waals surface area contributed by atoms with Gasteiger partial charge in [0.25, 0.3) is 0 Å². The van der Waals surface area contributed by atoms with Gasteiger partial charge < -0.3 is 14.8 Å². The van der Waals surface area contributed by atoms with Gasteiger partial charge in [-0.3, -0.25) is 9.78 Å². The highest BCUT2D eigenvalue weighted by Gasteiger charge is 2.20. The van der Waals surface area contributed by atoms with Crippen LogP contribution in [0.1, 0.15) is 40.0 Å². The molecule has 0 spiro atoms. The van der Waals surface area contributed by atoms with Crippen LogP contribution in [-0.2, 0) is 0 Å². The number of carboxylic acid groups (broad SMARTS) is 1. The second kappa shape index (κ2) is 8.48. The van der Waals surface area contributed by atoms with E-state index in [9.17, 15) is 14.7 Å². The van der Waals surface area contributed by atoms with Gasteiger partial charge in [0.05, 0.1) is 17.0 Å². The number of pyridine rings is 1. The highest BCUT2D eigenvalue weighted by atomic mass is 35.5. The molecule has 2 aromatic heterocycles. The molecule has 2 N–H and O–H groups in total. The number of carboxylic acids is 1. The molecule has 0 fully saturated rings. The van der Waals surface area contributed by atoms with Gasteiger partial charge in [0.15, 0.2) is 5.43 Å². The Labute approximate surface area is 189 Å². The van der Waals surface area contributed by atoms with Crippen molar-refractivity contribution >= 4 is 34.2 Å². The fourth-order valence-electron chi connectivity index (χ4n) is 3.79. The molecule has 2 heterocycles. The third kappa shape index (κ3) is 3.97. The number of nitrogens with one attached hydrogen (secondary N) is 1. The maximum absolute atomic E-state index is 13.2. The lowest BCUT2D eigenvalue weighted by Gasteiger charge is -2.20. The van der Waals surface area contributed by atoms with Crippen molar-refractivity contribution in [2.45, 2.75) is 26.8 Å². The van der Waals surface area contributed by atoms with Crippen LogP contribution in [0, 0.1) is 13.8 Å². The fourth-order valence-corrected chi connectivity index (χ4v) is 3.96. The molecule has 0 amide bonds. The van der Waals surface area contributed by atoms with Crippen LogP contribution in [-0.4, -0.2) is 16.1 Å². The lowest BCUT2D eigenvalue weighted by atomic mass is 9.99. The zero-order valence-corrected chi connectivity index (χ0v) is 18.5. The number of nitrogens with zero attached hydrogens (tertiary/aromatic N) is 1. The molecule has 0 unspecified atom stereocenters. The first-order valence-electron chi connectivity index (χ1n) is 10.0. The molecule has 6 nitrogen and oxygen atoms in total. The van der Waals surface area contributed by atoms with Crippen LogP contribution < -0.4 is 10.7 Å². The molecule has 32 heavy (non-hydrogen) atoms. The van der Waals surface area contributed by atoms with Gasteiger partial charge >= 0.3 is 5.97 Å². The summed E-state index contributed by atoms with van der Waals surface area (Å²) in [6.07, 6.45) is 3.31. The molecule has 7 heteroatoms. The van der Waals surface area contributed by atoms with Crippen LogP contribution in [0.5, 0.6) is 0 Å². The second-order valence-corrected chi connectivity index (χ2v) is 8.16. The van der Waals surface area contributed by atoms with Crippen LogP contribution in [0.3, 0.4) is 0 Å². The highest BCUT2D eigenvalue weighted by molar-refractivity contribution is 6.31. The van der Waals surface area contributed by atoms with Crippen LogP contribution in [0.4, 0.5) is 5.69 Å². The van der Waals surface area contributed by atoms with E-state index >= 15 is 0 Å². The Kier molecular flexibility index (Phi) is 5.72. The van der Waals surface area contributed by atoms with Crippen LogP contribution in [0.15, 0.2) is 64.1 Å². The largest absolute Gasteiger partial charge is 0.478 e. The van der Waals surface area contributed by atoms with Crippen LogP contribution >= 0.6 is 11.6 Å². The summed E-state index contributed by atoms with van der Waals surface area (Å²) < 4.78 is 6.28. The minimum absolute atomic E-state index is 0.0645.